The SMILES string of the molecule is COC(=O)c1ccc(Cn2cc([C@H]3OCCN3Cc3ccc(OC)cc3)nn2)cc1. The summed E-state index contributed by atoms with van der Waals surface area (Å²) in [5.41, 5.74) is 3.51. The van der Waals surface area contributed by atoms with E-state index in [1.165, 1.54) is 12.7 Å². The van der Waals surface area contributed by atoms with Gasteiger partial charge in [0.25, 0.3) is 0 Å². The van der Waals surface area contributed by atoms with Gasteiger partial charge >= 0.3 is 5.97 Å². The van der Waals surface area contributed by atoms with E-state index >= 15 is 0 Å². The maximum atomic E-state index is 11.6. The van der Waals surface area contributed by atoms with Crippen LogP contribution in [0.25, 0.3) is 0 Å². The van der Waals surface area contributed by atoms with E-state index in [0.717, 1.165) is 30.1 Å². The molecule has 1 aromatic heterocycles. The van der Waals surface area contributed by atoms with E-state index in [9.17, 15) is 4.79 Å². The smallest absolute Gasteiger partial charge is 0.337 e. The molecule has 3 aromatic rings. The molecule has 4 rings (SSSR count). The van der Waals surface area contributed by atoms with Gasteiger partial charge in [0.1, 0.15) is 11.4 Å². The van der Waals surface area contributed by atoms with Crippen molar-refractivity contribution >= 4 is 5.97 Å². The number of hydrogen-bond acceptors (Lipinski definition) is 7. The van der Waals surface area contributed by atoms with Crippen molar-refractivity contribution in [3.05, 3.63) is 77.1 Å². The van der Waals surface area contributed by atoms with Gasteiger partial charge in [0.2, 0.25) is 0 Å². The summed E-state index contributed by atoms with van der Waals surface area (Å²) in [6.45, 7) is 2.80. The fourth-order valence-electron chi connectivity index (χ4n) is 3.46. The second-order valence-electron chi connectivity index (χ2n) is 7.07. The number of methoxy groups -OCH3 is 2. The van der Waals surface area contributed by atoms with E-state index in [4.69, 9.17) is 14.2 Å². The maximum Gasteiger partial charge on any atom is 0.337 e. The lowest BCUT2D eigenvalue weighted by atomic mass is 10.1. The standard InChI is InChI=1S/C22H24N4O4/c1-28-19-9-5-16(6-10-19)13-25-11-12-30-21(25)20-15-26(24-23-20)14-17-3-7-18(8-4-17)22(27)29-2/h3-10,15,21H,11-14H2,1-2H3/t21-/m1/s1. The van der Waals surface area contributed by atoms with Crippen molar-refractivity contribution in [3.8, 4) is 5.75 Å². The van der Waals surface area contributed by atoms with Gasteiger partial charge in [-0.3, -0.25) is 4.90 Å². The van der Waals surface area contributed by atoms with Gasteiger partial charge in [-0.2, -0.15) is 0 Å². The molecule has 0 radical (unpaired) electrons. The van der Waals surface area contributed by atoms with Crippen LogP contribution in [0.5, 0.6) is 5.75 Å². The van der Waals surface area contributed by atoms with Crippen molar-refractivity contribution in [3.63, 3.8) is 0 Å². The third-order valence-electron chi connectivity index (χ3n) is 5.06. The van der Waals surface area contributed by atoms with Crippen LogP contribution in [0.2, 0.25) is 0 Å². The summed E-state index contributed by atoms with van der Waals surface area (Å²) in [5.74, 6) is 0.496. The van der Waals surface area contributed by atoms with Crippen LogP contribution in [-0.2, 0) is 22.6 Å². The molecule has 0 N–H and O–H groups in total. The van der Waals surface area contributed by atoms with Crippen LogP contribution < -0.4 is 4.74 Å². The van der Waals surface area contributed by atoms with Gasteiger partial charge in [-0.25, -0.2) is 9.48 Å². The van der Waals surface area contributed by atoms with E-state index in [-0.39, 0.29) is 12.2 Å². The fourth-order valence-corrected chi connectivity index (χ4v) is 3.46. The monoisotopic (exact) mass is 408 g/mol. The molecule has 0 bridgehead atoms. The van der Waals surface area contributed by atoms with Crippen LogP contribution in [-0.4, -0.2) is 53.2 Å². The van der Waals surface area contributed by atoms with Gasteiger partial charge in [0.05, 0.1) is 39.1 Å². The number of ether oxygens (including phenoxy) is 3. The Morgan fingerprint density at radius 3 is 2.47 bits per heavy atom. The molecule has 8 nitrogen and oxygen atoms in total. The third kappa shape index (κ3) is 4.50. The number of aromatic nitrogens is 3. The molecule has 30 heavy (non-hydrogen) atoms. The first kappa shape index (κ1) is 20.1. The summed E-state index contributed by atoms with van der Waals surface area (Å²) in [5, 5.41) is 8.57. The number of carbonyl (C=O) groups is 1. The number of benzene rings is 2. The Bertz CT molecular complexity index is 985. The van der Waals surface area contributed by atoms with Gasteiger partial charge in [-0.05, 0) is 35.4 Å². The van der Waals surface area contributed by atoms with Gasteiger partial charge in [0.15, 0.2) is 6.23 Å². The molecule has 0 amide bonds. The number of hydrogen-bond donors (Lipinski definition) is 0. The summed E-state index contributed by atoms with van der Waals surface area (Å²) >= 11 is 0. The zero-order valence-corrected chi connectivity index (χ0v) is 17.0. The fraction of sp³-hybridized carbons (Fsp3) is 0.318. The first-order valence-corrected chi connectivity index (χ1v) is 9.72. The molecule has 2 heterocycles. The van der Waals surface area contributed by atoms with Gasteiger partial charge in [-0.15, -0.1) is 5.10 Å². The highest BCUT2D eigenvalue weighted by molar-refractivity contribution is 5.89. The van der Waals surface area contributed by atoms with E-state index in [0.29, 0.717) is 18.7 Å². The highest BCUT2D eigenvalue weighted by Crippen LogP contribution is 2.27. The summed E-state index contributed by atoms with van der Waals surface area (Å²) in [6, 6.07) is 15.3. The predicted octanol–water partition coefficient (Wildman–Crippen LogP) is 2.65. The lowest BCUT2D eigenvalue weighted by Gasteiger charge is -2.21. The van der Waals surface area contributed by atoms with Crippen LogP contribution in [0, 0.1) is 0 Å². The molecule has 1 aliphatic heterocycles. The molecular weight excluding hydrogens is 384 g/mol. The van der Waals surface area contributed by atoms with Crippen LogP contribution in [0.4, 0.5) is 0 Å². The lowest BCUT2D eigenvalue weighted by molar-refractivity contribution is 0.0252. The number of carbonyl (C=O) groups excluding carboxylic acids is 1. The second-order valence-corrected chi connectivity index (χ2v) is 7.07. The molecule has 1 fully saturated rings. The van der Waals surface area contributed by atoms with Gasteiger partial charge < -0.3 is 14.2 Å². The second kappa shape index (κ2) is 9.06. The first-order valence-electron chi connectivity index (χ1n) is 9.72. The van der Waals surface area contributed by atoms with Crippen LogP contribution in [0.3, 0.4) is 0 Å². The molecule has 0 unspecified atom stereocenters. The topological polar surface area (TPSA) is 78.7 Å². The summed E-state index contributed by atoms with van der Waals surface area (Å²) in [4.78, 5) is 13.8. The van der Waals surface area contributed by atoms with Crippen molar-refractivity contribution < 1.29 is 19.0 Å². The summed E-state index contributed by atoms with van der Waals surface area (Å²) in [6.07, 6.45) is 1.69. The molecule has 8 heteroatoms. The molecule has 1 atom stereocenters. The Hall–Kier alpha value is -3.23. The van der Waals surface area contributed by atoms with Crippen molar-refractivity contribution in [2.24, 2.45) is 0 Å². The Balaban J connectivity index is 1.41. The molecule has 0 saturated carbocycles. The average molecular weight is 408 g/mol. The van der Waals surface area contributed by atoms with E-state index in [1.54, 1.807) is 23.9 Å². The highest BCUT2D eigenvalue weighted by atomic mass is 16.5. The Kier molecular flexibility index (Phi) is 6.06. The zero-order valence-electron chi connectivity index (χ0n) is 17.0. The largest absolute Gasteiger partial charge is 0.497 e. The van der Waals surface area contributed by atoms with E-state index in [2.05, 4.69) is 27.3 Å². The molecule has 1 aliphatic rings. The normalized spacial score (nSPS) is 16.5. The van der Waals surface area contributed by atoms with Crippen LogP contribution in [0.15, 0.2) is 54.7 Å². The van der Waals surface area contributed by atoms with Crippen molar-refractivity contribution in [1.82, 2.24) is 19.9 Å². The Labute approximate surface area is 175 Å². The summed E-state index contributed by atoms with van der Waals surface area (Å²) < 4.78 is 17.6. The van der Waals surface area contributed by atoms with Gasteiger partial charge in [0, 0.05) is 13.1 Å². The van der Waals surface area contributed by atoms with E-state index < -0.39 is 0 Å². The third-order valence-corrected chi connectivity index (χ3v) is 5.06. The molecule has 0 aliphatic carbocycles. The minimum absolute atomic E-state index is 0.220. The predicted molar refractivity (Wildman–Crippen MR) is 109 cm³/mol. The Morgan fingerprint density at radius 2 is 1.77 bits per heavy atom. The number of rotatable bonds is 7. The number of esters is 1. The quantitative estimate of drug-likeness (QED) is 0.556. The Morgan fingerprint density at radius 1 is 1.07 bits per heavy atom. The average Bonchev–Trinajstić information content (AvgIpc) is 3.43. The zero-order chi connectivity index (χ0) is 20.9. The van der Waals surface area contributed by atoms with Gasteiger partial charge in [-0.1, -0.05) is 29.5 Å². The first-order chi connectivity index (χ1) is 14.7. The molecule has 156 valence electrons. The van der Waals surface area contributed by atoms with Crippen LogP contribution in [0.1, 0.15) is 33.4 Å². The van der Waals surface area contributed by atoms with Crippen molar-refractivity contribution in [2.45, 2.75) is 19.3 Å². The maximum absolute atomic E-state index is 11.6. The molecule has 2 aromatic carbocycles. The molecular formula is C22H24N4O4. The van der Waals surface area contributed by atoms with Crippen molar-refractivity contribution in [1.29, 1.82) is 0 Å². The lowest BCUT2D eigenvalue weighted by Crippen LogP contribution is -2.23. The summed E-state index contributed by atoms with van der Waals surface area (Å²) in [7, 11) is 3.03. The van der Waals surface area contributed by atoms with Crippen molar-refractivity contribution in [2.75, 3.05) is 27.4 Å². The minimum atomic E-state index is -0.347. The molecule has 1 saturated heterocycles. The minimum Gasteiger partial charge on any atom is -0.497 e. The highest BCUT2D eigenvalue weighted by Gasteiger charge is 2.29. The molecule has 0 spiro atoms. The number of nitrogens with zero attached hydrogens (tertiary/aromatic N) is 4. The van der Waals surface area contributed by atoms with Crippen LogP contribution >= 0.6 is 0 Å². The van der Waals surface area contributed by atoms with E-state index in [1.807, 2.05) is 30.5 Å².